The first kappa shape index (κ1) is 19.4. The van der Waals surface area contributed by atoms with Gasteiger partial charge in [-0.15, -0.1) is 0 Å². The van der Waals surface area contributed by atoms with E-state index in [1.165, 1.54) is 25.0 Å². The fraction of sp³-hybridized carbons (Fsp3) is 0.647. The number of carbonyl (C=O) groups is 1. The number of amides is 1. The van der Waals surface area contributed by atoms with Crippen LogP contribution in [-0.2, 0) is 4.79 Å². The molecule has 1 aliphatic rings. The summed E-state index contributed by atoms with van der Waals surface area (Å²) in [5.41, 5.74) is 1.10. The second kappa shape index (κ2) is 12.8. The van der Waals surface area contributed by atoms with Crippen molar-refractivity contribution in [3.05, 3.63) is 24.3 Å². The first-order valence-electron chi connectivity index (χ1n) is 8.06. The van der Waals surface area contributed by atoms with E-state index < -0.39 is 0 Å². The maximum atomic E-state index is 11.7. The molecule has 22 heavy (non-hydrogen) atoms. The van der Waals surface area contributed by atoms with Crippen LogP contribution in [0.2, 0.25) is 0 Å². The van der Waals surface area contributed by atoms with Gasteiger partial charge in [0.05, 0.1) is 0 Å². The SMILES string of the molecule is C=C/C(C)=C\C=NCCCNC(=O)CCCCC1CCSS1. The lowest BCUT2D eigenvalue weighted by Gasteiger charge is -2.07. The van der Waals surface area contributed by atoms with Gasteiger partial charge in [0.2, 0.25) is 5.91 Å². The Hall–Kier alpha value is -0.680. The van der Waals surface area contributed by atoms with Gasteiger partial charge in [0, 0.05) is 36.7 Å². The Morgan fingerprint density at radius 1 is 1.41 bits per heavy atom. The largest absolute Gasteiger partial charge is 0.356 e. The summed E-state index contributed by atoms with van der Waals surface area (Å²) in [7, 11) is 4.01. The fourth-order valence-electron chi connectivity index (χ4n) is 2.02. The summed E-state index contributed by atoms with van der Waals surface area (Å²) in [4.78, 5) is 15.9. The Bertz CT molecular complexity index is 388. The van der Waals surface area contributed by atoms with Gasteiger partial charge in [-0.3, -0.25) is 9.79 Å². The van der Waals surface area contributed by atoms with Crippen molar-refractivity contribution >= 4 is 33.7 Å². The molecule has 0 bridgehead atoms. The summed E-state index contributed by atoms with van der Waals surface area (Å²) in [6, 6.07) is 0. The molecule has 0 aromatic heterocycles. The number of hydrogen-bond donors (Lipinski definition) is 1. The number of aliphatic imine (C=N–C) groups is 1. The maximum Gasteiger partial charge on any atom is 0.219 e. The number of nitrogens with zero attached hydrogens (tertiary/aromatic N) is 1. The molecule has 0 aromatic rings. The number of allylic oxidation sites excluding steroid dienone is 3. The van der Waals surface area contributed by atoms with Crippen LogP contribution < -0.4 is 5.32 Å². The van der Waals surface area contributed by atoms with Gasteiger partial charge < -0.3 is 5.32 Å². The van der Waals surface area contributed by atoms with Gasteiger partial charge in [0.1, 0.15) is 0 Å². The van der Waals surface area contributed by atoms with Crippen LogP contribution in [-0.4, -0.2) is 36.2 Å². The molecule has 1 N–H and O–H groups in total. The van der Waals surface area contributed by atoms with E-state index in [0.717, 1.165) is 36.8 Å². The number of carbonyl (C=O) groups excluding carboxylic acids is 1. The maximum absolute atomic E-state index is 11.7. The van der Waals surface area contributed by atoms with Crippen molar-refractivity contribution in [3.63, 3.8) is 0 Å². The van der Waals surface area contributed by atoms with Crippen LogP contribution in [0.4, 0.5) is 0 Å². The van der Waals surface area contributed by atoms with Crippen LogP contribution in [0.1, 0.15) is 45.4 Å². The molecule has 1 amide bonds. The number of rotatable bonds is 11. The molecule has 1 aliphatic heterocycles. The summed E-state index contributed by atoms with van der Waals surface area (Å²) in [5.74, 6) is 1.47. The fourth-order valence-corrected chi connectivity index (χ4v) is 5.05. The smallest absolute Gasteiger partial charge is 0.219 e. The summed E-state index contributed by atoms with van der Waals surface area (Å²) < 4.78 is 0. The van der Waals surface area contributed by atoms with Crippen LogP contribution in [0.25, 0.3) is 0 Å². The number of unbranched alkanes of at least 4 members (excludes halogenated alkanes) is 1. The van der Waals surface area contributed by atoms with E-state index in [2.05, 4.69) is 16.9 Å². The van der Waals surface area contributed by atoms with E-state index >= 15 is 0 Å². The normalized spacial score (nSPS) is 18.8. The lowest BCUT2D eigenvalue weighted by molar-refractivity contribution is -0.121. The summed E-state index contributed by atoms with van der Waals surface area (Å²) in [6.45, 7) is 7.14. The average molecular weight is 341 g/mol. The second-order valence-corrected chi connectivity index (χ2v) is 8.24. The van der Waals surface area contributed by atoms with Crippen molar-refractivity contribution in [2.45, 2.75) is 50.7 Å². The summed E-state index contributed by atoms with van der Waals surface area (Å²) >= 11 is 0. The number of nitrogens with one attached hydrogen (secondary N) is 1. The van der Waals surface area contributed by atoms with Crippen molar-refractivity contribution in [2.75, 3.05) is 18.8 Å². The van der Waals surface area contributed by atoms with Gasteiger partial charge >= 0.3 is 0 Å². The van der Waals surface area contributed by atoms with Gasteiger partial charge in [-0.1, -0.05) is 46.2 Å². The molecule has 1 fully saturated rings. The van der Waals surface area contributed by atoms with Crippen LogP contribution in [0, 0.1) is 0 Å². The molecule has 0 radical (unpaired) electrons. The van der Waals surface area contributed by atoms with E-state index in [0.29, 0.717) is 6.42 Å². The predicted octanol–water partition coefficient (Wildman–Crippen LogP) is 4.41. The minimum atomic E-state index is 0.180. The van der Waals surface area contributed by atoms with Crippen LogP contribution in [0.3, 0.4) is 0 Å². The van der Waals surface area contributed by atoms with Crippen molar-refractivity contribution in [1.82, 2.24) is 5.32 Å². The van der Waals surface area contributed by atoms with E-state index in [1.54, 1.807) is 12.3 Å². The number of hydrogen-bond acceptors (Lipinski definition) is 4. The van der Waals surface area contributed by atoms with Crippen molar-refractivity contribution in [2.24, 2.45) is 4.99 Å². The van der Waals surface area contributed by atoms with Gasteiger partial charge in [0.15, 0.2) is 0 Å². The first-order chi connectivity index (χ1) is 10.7. The lowest BCUT2D eigenvalue weighted by atomic mass is 10.1. The van der Waals surface area contributed by atoms with Crippen LogP contribution in [0.15, 0.2) is 29.3 Å². The minimum absolute atomic E-state index is 0.180. The molecule has 1 saturated heterocycles. The molecule has 5 heteroatoms. The zero-order valence-corrected chi connectivity index (χ0v) is 15.2. The monoisotopic (exact) mass is 340 g/mol. The minimum Gasteiger partial charge on any atom is -0.356 e. The first-order valence-corrected chi connectivity index (χ1v) is 10.4. The highest BCUT2D eigenvalue weighted by molar-refractivity contribution is 8.77. The highest BCUT2D eigenvalue weighted by atomic mass is 33.1. The standard InChI is InChI=1S/C17H28N2OS2/c1-3-15(2)9-13-18-11-6-12-19-17(20)8-5-4-7-16-10-14-21-22-16/h3,9,13,16H,1,4-8,10-12,14H2,2H3,(H,19,20)/b15-9-,18-13?. The molecule has 0 saturated carbocycles. The molecule has 1 unspecified atom stereocenters. The third-order valence-corrected chi connectivity index (χ3v) is 6.46. The van der Waals surface area contributed by atoms with Crippen LogP contribution in [0.5, 0.6) is 0 Å². The Balaban J connectivity index is 1.91. The van der Waals surface area contributed by atoms with E-state index in [9.17, 15) is 4.79 Å². The Morgan fingerprint density at radius 3 is 3.00 bits per heavy atom. The molecule has 0 spiro atoms. The average Bonchev–Trinajstić information content (AvgIpc) is 3.03. The van der Waals surface area contributed by atoms with E-state index in [-0.39, 0.29) is 5.91 Å². The Labute approximate surface area is 142 Å². The molecule has 0 aromatic carbocycles. The van der Waals surface area contributed by atoms with Gasteiger partial charge in [0.25, 0.3) is 0 Å². The highest BCUT2D eigenvalue weighted by Crippen LogP contribution is 2.39. The van der Waals surface area contributed by atoms with E-state index in [4.69, 9.17) is 0 Å². The molecular formula is C17H28N2OS2. The molecule has 1 atom stereocenters. The second-order valence-electron chi connectivity index (χ2n) is 5.45. The zero-order valence-electron chi connectivity index (χ0n) is 13.6. The summed E-state index contributed by atoms with van der Waals surface area (Å²) in [6.07, 6.45) is 11.9. The Kier molecular flexibility index (Phi) is 11.3. The molecule has 1 rings (SSSR count). The Morgan fingerprint density at radius 2 is 2.27 bits per heavy atom. The lowest BCUT2D eigenvalue weighted by Crippen LogP contribution is -2.24. The third-order valence-electron chi connectivity index (χ3n) is 3.46. The third kappa shape index (κ3) is 10.1. The van der Waals surface area contributed by atoms with Gasteiger partial charge in [-0.25, -0.2) is 0 Å². The van der Waals surface area contributed by atoms with Crippen molar-refractivity contribution < 1.29 is 4.79 Å². The quantitative estimate of drug-likeness (QED) is 0.262. The topological polar surface area (TPSA) is 41.5 Å². The molecule has 3 nitrogen and oxygen atoms in total. The molecular weight excluding hydrogens is 312 g/mol. The zero-order chi connectivity index (χ0) is 16.0. The molecule has 0 aliphatic carbocycles. The van der Waals surface area contributed by atoms with Gasteiger partial charge in [-0.2, -0.15) is 0 Å². The highest BCUT2D eigenvalue weighted by Gasteiger charge is 2.15. The van der Waals surface area contributed by atoms with Crippen molar-refractivity contribution in [1.29, 1.82) is 0 Å². The predicted molar refractivity (Wildman–Crippen MR) is 102 cm³/mol. The summed E-state index contributed by atoms with van der Waals surface area (Å²) in [5, 5.41) is 3.79. The van der Waals surface area contributed by atoms with Crippen molar-refractivity contribution in [3.8, 4) is 0 Å². The van der Waals surface area contributed by atoms with E-state index in [1.807, 2.05) is 34.6 Å². The van der Waals surface area contributed by atoms with Crippen LogP contribution >= 0.6 is 21.6 Å². The van der Waals surface area contributed by atoms with Gasteiger partial charge in [-0.05, 0) is 38.7 Å². The molecule has 1 heterocycles. The molecule has 124 valence electrons.